The summed E-state index contributed by atoms with van der Waals surface area (Å²) in [4.78, 5) is 14.1. The molecule has 0 aliphatic carbocycles. The van der Waals surface area contributed by atoms with Gasteiger partial charge in [-0.25, -0.2) is 0 Å². The van der Waals surface area contributed by atoms with Crippen LogP contribution in [0.15, 0.2) is 48.5 Å². The van der Waals surface area contributed by atoms with E-state index in [-0.39, 0.29) is 5.91 Å². The number of hydrogen-bond donors (Lipinski definition) is 0. The van der Waals surface area contributed by atoms with Gasteiger partial charge in [-0.1, -0.05) is 53.0 Å². The molecule has 0 bridgehead atoms. The van der Waals surface area contributed by atoms with E-state index in [0.29, 0.717) is 0 Å². The van der Waals surface area contributed by atoms with Crippen molar-refractivity contribution in [2.24, 2.45) is 0 Å². The first-order chi connectivity index (χ1) is 9.52. The van der Waals surface area contributed by atoms with Crippen LogP contribution in [-0.4, -0.2) is 39.1 Å². The average molecular weight is 281 g/mol. The lowest BCUT2D eigenvalue weighted by molar-refractivity contribution is 0.0829. The Kier molecular flexibility index (Phi) is 4.65. The first kappa shape index (κ1) is 14.8. The van der Waals surface area contributed by atoms with Gasteiger partial charge in [0.1, 0.15) is 0 Å². The van der Waals surface area contributed by atoms with Crippen molar-refractivity contribution < 1.29 is 4.79 Å². The highest BCUT2D eigenvalue weighted by molar-refractivity contribution is 6.73. The van der Waals surface area contributed by atoms with Crippen LogP contribution in [0.4, 0.5) is 0 Å². The Morgan fingerprint density at radius 1 is 0.950 bits per heavy atom. The zero-order chi connectivity index (χ0) is 14.7. The number of carbonyl (C=O) groups excluding carboxylic acids is 1. The number of amides is 1. The molecule has 2 aromatic carbocycles. The Balaban J connectivity index is 2.65. The van der Waals surface area contributed by atoms with Gasteiger partial charge in [-0.2, -0.15) is 0 Å². The molecule has 0 saturated heterocycles. The van der Waals surface area contributed by atoms with Crippen molar-refractivity contribution in [1.29, 1.82) is 0 Å². The molecule has 0 aromatic heterocycles. The maximum atomic E-state index is 12.4. The molecular formula is C17H20AlNO. The van der Waals surface area contributed by atoms with Gasteiger partial charge >= 0.3 is 14.1 Å². The van der Waals surface area contributed by atoms with Crippen molar-refractivity contribution in [2.45, 2.75) is 11.6 Å². The van der Waals surface area contributed by atoms with Crippen LogP contribution in [-0.2, 0) is 0 Å². The molecular weight excluding hydrogens is 261 g/mol. The number of carbonyl (C=O) groups is 1. The summed E-state index contributed by atoms with van der Waals surface area (Å²) < 4.78 is 1.26. The molecule has 0 radical (unpaired) electrons. The van der Waals surface area contributed by atoms with E-state index in [1.165, 1.54) is 15.6 Å². The van der Waals surface area contributed by atoms with Crippen LogP contribution >= 0.6 is 0 Å². The largest absolute Gasteiger partial charge is 0.345 e. The van der Waals surface area contributed by atoms with E-state index in [4.69, 9.17) is 0 Å². The van der Waals surface area contributed by atoms with Crippen LogP contribution in [0.1, 0.15) is 10.4 Å². The molecule has 0 fully saturated rings. The van der Waals surface area contributed by atoms with Crippen LogP contribution in [0.5, 0.6) is 0 Å². The molecule has 2 aromatic rings. The summed E-state index contributed by atoms with van der Waals surface area (Å²) in [6.45, 7) is 0. The SMILES string of the molecule is CN(C)C(=O)c1cccc(-c2ccccc2)[c]1[Al]([CH3])[CH3]. The molecule has 0 N–H and O–H groups in total. The summed E-state index contributed by atoms with van der Waals surface area (Å²) in [5.41, 5.74) is 3.26. The smallest absolute Gasteiger partial charge is 0.301 e. The van der Waals surface area contributed by atoms with E-state index in [1.807, 2.05) is 44.4 Å². The summed E-state index contributed by atoms with van der Waals surface area (Å²) in [6.07, 6.45) is 0. The fourth-order valence-electron chi connectivity index (χ4n) is 2.48. The van der Waals surface area contributed by atoms with Crippen LogP contribution in [0.2, 0.25) is 11.6 Å². The predicted octanol–water partition coefficient (Wildman–Crippen LogP) is 3.02. The van der Waals surface area contributed by atoms with Crippen LogP contribution in [0.3, 0.4) is 0 Å². The summed E-state index contributed by atoms with van der Waals surface area (Å²) in [7, 11) is 3.62. The molecule has 102 valence electrons. The number of rotatable bonds is 3. The van der Waals surface area contributed by atoms with Gasteiger partial charge in [0, 0.05) is 19.7 Å². The third-order valence-corrected chi connectivity index (χ3v) is 5.18. The van der Waals surface area contributed by atoms with Crippen molar-refractivity contribution in [1.82, 2.24) is 4.90 Å². The molecule has 3 heteroatoms. The minimum atomic E-state index is -1.12. The van der Waals surface area contributed by atoms with Gasteiger partial charge < -0.3 is 4.90 Å². The first-order valence-corrected chi connectivity index (χ1v) is 9.81. The van der Waals surface area contributed by atoms with Crippen molar-refractivity contribution in [3.05, 3.63) is 54.1 Å². The van der Waals surface area contributed by atoms with Crippen LogP contribution < -0.4 is 4.43 Å². The second-order valence-corrected chi connectivity index (χ2v) is 8.37. The van der Waals surface area contributed by atoms with E-state index in [2.05, 4.69) is 29.8 Å². The van der Waals surface area contributed by atoms with Gasteiger partial charge in [0.25, 0.3) is 5.91 Å². The Morgan fingerprint density at radius 3 is 2.15 bits per heavy atom. The van der Waals surface area contributed by atoms with Crippen molar-refractivity contribution in [3.63, 3.8) is 0 Å². The fraction of sp³-hybridized carbons (Fsp3) is 0.235. The average Bonchev–Trinajstić information content (AvgIpc) is 2.46. The molecule has 0 saturated carbocycles. The van der Waals surface area contributed by atoms with Gasteiger partial charge in [0.05, 0.1) is 0 Å². The highest BCUT2D eigenvalue weighted by Gasteiger charge is 2.21. The topological polar surface area (TPSA) is 20.3 Å². The Morgan fingerprint density at radius 2 is 1.60 bits per heavy atom. The third-order valence-electron chi connectivity index (χ3n) is 3.40. The van der Waals surface area contributed by atoms with Gasteiger partial charge in [0.2, 0.25) is 0 Å². The molecule has 0 unspecified atom stereocenters. The summed E-state index contributed by atoms with van der Waals surface area (Å²) in [5, 5.41) is 0. The van der Waals surface area contributed by atoms with Crippen LogP contribution in [0.25, 0.3) is 11.1 Å². The summed E-state index contributed by atoms with van der Waals surface area (Å²) in [6, 6.07) is 16.4. The quantitative estimate of drug-likeness (QED) is 0.792. The predicted molar refractivity (Wildman–Crippen MR) is 87.0 cm³/mol. The molecule has 0 atom stereocenters. The highest BCUT2D eigenvalue weighted by atomic mass is 27.2. The second kappa shape index (κ2) is 6.26. The van der Waals surface area contributed by atoms with Crippen molar-refractivity contribution >= 4 is 24.5 Å². The first-order valence-electron chi connectivity index (χ1n) is 6.92. The molecule has 2 rings (SSSR count). The normalized spacial score (nSPS) is 10.2. The maximum Gasteiger partial charge on any atom is 0.301 e. The van der Waals surface area contributed by atoms with Crippen molar-refractivity contribution in [2.75, 3.05) is 14.1 Å². The maximum absolute atomic E-state index is 12.4. The molecule has 0 heterocycles. The summed E-state index contributed by atoms with van der Waals surface area (Å²) in [5.74, 6) is 4.64. The standard InChI is InChI=1S/C15H14NO.2CH3.Al/c1-16(2)15(17)14-10-6-9-13(11-14)12-7-4-3-5-8-12;;;/h3-10H,1-2H3;2*1H3;. The minimum absolute atomic E-state index is 0.0963. The lowest BCUT2D eigenvalue weighted by Gasteiger charge is -2.19. The number of benzene rings is 2. The second-order valence-electron chi connectivity index (χ2n) is 5.49. The Labute approximate surface area is 125 Å². The monoisotopic (exact) mass is 281 g/mol. The number of nitrogens with zero attached hydrogens (tertiary/aromatic N) is 1. The molecule has 1 amide bonds. The van der Waals surface area contributed by atoms with Gasteiger partial charge in [-0.15, -0.1) is 11.6 Å². The zero-order valence-corrected chi connectivity index (χ0v) is 13.7. The van der Waals surface area contributed by atoms with Gasteiger partial charge in [-0.3, -0.25) is 4.79 Å². The lowest BCUT2D eigenvalue weighted by atomic mass is 10.0. The Hall–Kier alpha value is -1.56. The Bertz CT molecular complexity index is 606. The third kappa shape index (κ3) is 2.95. The fourth-order valence-corrected chi connectivity index (χ4v) is 4.21. The minimum Gasteiger partial charge on any atom is -0.345 e. The summed E-state index contributed by atoms with van der Waals surface area (Å²) >= 11 is -1.12. The lowest BCUT2D eigenvalue weighted by Crippen LogP contribution is -2.35. The zero-order valence-electron chi connectivity index (χ0n) is 12.6. The van der Waals surface area contributed by atoms with E-state index in [0.717, 1.165) is 5.56 Å². The van der Waals surface area contributed by atoms with Crippen molar-refractivity contribution in [3.8, 4) is 11.1 Å². The molecule has 0 spiro atoms. The van der Waals surface area contributed by atoms with Crippen LogP contribution in [0, 0.1) is 0 Å². The van der Waals surface area contributed by atoms with E-state index < -0.39 is 14.1 Å². The molecule has 0 aliphatic heterocycles. The number of hydrogen-bond acceptors (Lipinski definition) is 1. The molecule has 0 aliphatic rings. The highest BCUT2D eigenvalue weighted by Crippen LogP contribution is 2.19. The molecule has 2 nitrogen and oxygen atoms in total. The van der Waals surface area contributed by atoms with Gasteiger partial charge in [0.15, 0.2) is 0 Å². The van der Waals surface area contributed by atoms with E-state index in [1.54, 1.807) is 4.90 Å². The van der Waals surface area contributed by atoms with E-state index in [9.17, 15) is 4.79 Å². The molecule has 20 heavy (non-hydrogen) atoms. The van der Waals surface area contributed by atoms with E-state index >= 15 is 0 Å². The van der Waals surface area contributed by atoms with Gasteiger partial charge in [-0.05, 0) is 11.1 Å².